The molecule has 0 heterocycles. The zero-order valence-corrected chi connectivity index (χ0v) is 30.3. The molecule has 0 aliphatic rings. The Morgan fingerprint density at radius 1 is 0.500 bits per heavy atom. The number of rotatable bonds is 34. The highest BCUT2D eigenvalue weighted by Gasteiger charge is 2.15. The predicted molar refractivity (Wildman–Crippen MR) is 194 cm³/mol. The van der Waals surface area contributed by atoms with Gasteiger partial charge in [0.1, 0.15) is 0 Å². The van der Waals surface area contributed by atoms with E-state index in [-0.39, 0.29) is 17.9 Å². The van der Waals surface area contributed by atoms with Crippen molar-refractivity contribution in [2.24, 2.45) is 5.92 Å². The molecule has 260 valence electrons. The Bertz CT molecular complexity index is 645. The molecule has 0 saturated carbocycles. The summed E-state index contributed by atoms with van der Waals surface area (Å²) in [6.45, 7) is 9.69. The Morgan fingerprint density at radius 2 is 0.909 bits per heavy atom. The average Bonchev–Trinajstić information content (AvgIpc) is 3.00. The highest BCUT2D eigenvalue weighted by atomic mass is 16.2. The maximum absolute atomic E-state index is 12.5. The second-order valence-corrected chi connectivity index (χ2v) is 13.9. The second kappa shape index (κ2) is 34.6. The van der Waals surface area contributed by atoms with Crippen molar-refractivity contribution in [1.29, 1.82) is 0 Å². The van der Waals surface area contributed by atoms with Gasteiger partial charge in [0.05, 0.1) is 0 Å². The largest absolute Gasteiger partial charge is 0.356 e. The van der Waals surface area contributed by atoms with E-state index in [2.05, 4.69) is 50.5 Å². The van der Waals surface area contributed by atoms with E-state index in [1.807, 2.05) is 0 Å². The summed E-state index contributed by atoms with van der Waals surface area (Å²) in [6, 6.07) is 0.237. The molecule has 4 nitrogen and oxygen atoms in total. The summed E-state index contributed by atoms with van der Waals surface area (Å²) >= 11 is 0. The molecule has 0 rings (SSSR count). The van der Waals surface area contributed by atoms with E-state index in [0.29, 0.717) is 18.8 Å². The fraction of sp³-hybridized carbons (Fsp3) is 0.900. The van der Waals surface area contributed by atoms with Crippen LogP contribution in [0, 0.1) is 5.92 Å². The number of allylic oxidation sites excluding steroid dienone is 2. The maximum Gasteiger partial charge on any atom is 0.220 e. The molecule has 0 radical (unpaired) electrons. The van der Waals surface area contributed by atoms with E-state index in [0.717, 1.165) is 45.1 Å². The third kappa shape index (κ3) is 32.1. The van der Waals surface area contributed by atoms with Crippen LogP contribution in [0.5, 0.6) is 0 Å². The van der Waals surface area contributed by atoms with Crippen LogP contribution in [0.4, 0.5) is 0 Å². The zero-order chi connectivity index (χ0) is 32.4. The van der Waals surface area contributed by atoms with Crippen molar-refractivity contribution in [3.05, 3.63) is 12.2 Å². The summed E-state index contributed by atoms with van der Waals surface area (Å²) in [5.74, 6) is 0.851. The number of unbranched alkanes of at least 4 members (excludes halogenated alkanes) is 22. The van der Waals surface area contributed by atoms with Gasteiger partial charge in [-0.25, -0.2) is 0 Å². The van der Waals surface area contributed by atoms with E-state index in [4.69, 9.17) is 0 Å². The molecule has 0 aliphatic heterocycles. The second-order valence-electron chi connectivity index (χ2n) is 13.9. The summed E-state index contributed by atoms with van der Waals surface area (Å²) < 4.78 is 0. The molecule has 0 saturated heterocycles. The van der Waals surface area contributed by atoms with Crippen molar-refractivity contribution >= 4 is 11.8 Å². The number of hydrogen-bond acceptors (Lipinski definition) is 2. The van der Waals surface area contributed by atoms with Crippen LogP contribution in [-0.2, 0) is 9.59 Å². The Morgan fingerprint density at radius 3 is 1.39 bits per heavy atom. The smallest absolute Gasteiger partial charge is 0.220 e. The first-order valence-electron chi connectivity index (χ1n) is 19.7. The third-order valence-corrected chi connectivity index (χ3v) is 9.09. The van der Waals surface area contributed by atoms with Crippen LogP contribution in [0.1, 0.15) is 214 Å². The zero-order valence-electron chi connectivity index (χ0n) is 30.3. The van der Waals surface area contributed by atoms with Crippen LogP contribution in [-0.4, -0.2) is 24.4 Å². The van der Waals surface area contributed by atoms with Gasteiger partial charge in [0.25, 0.3) is 0 Å². The molecule has 0 aromatic rings. The SMILES string of the molecule is CCCCCC/C=C\CCCCCCCC(=O)NCCCC[C@H](NC(=O)CCCCCCCCCCCCCCC)C(C)C. The molecule has 2 N–H and O–H groups in total. The standard InChI is InChI=1S/C40H78N2O2/c1-5-7-9-11-13-15-17-19-21-23-25-27-29-34-39(43)41-36-32-31-33-38(37(3)4)42-40(44)35-30-28-26-24-22-20-18-16-14-12-10-8-6-2/h15,17,37-38H,5-14,16,18-36H2,1-4H3,(H,41,43)(H,42,44)/b17-15-/t38-/m0/s1. The van der Waals surface area contributed by atoms with E-state index in [1.165, 1.54) is 135 Å². The van der Waals surface area contributed by atoms with Crippen LogP contribution in [0.25, 0.3) is 0 Å². The van der Waals surface area contributed by atoms with E-state index in [9.17, 15) is 9.59 Å². The molecule has 0 aliphatic carbocycles. The van der Waals surface area contributed by atoms with Crippen molar-refractivity contribution in [1.82, 2.24) is 10.6 Å². The first-order chi connectivity index (χ1) is 21.5. The van der Waals surface area contributed by atoms with Crippen molar-refractivity contribution in [2.45, 2.75) is 220 Å². The predicted octanol–water partition coefficient (Wildman–Crippen LogP) is 12.2. The summed E-state index contributed by atoms with van der Waals surface area (Å²) in [5.41, 5.74) is 0. The van der Waals surface area contributed by atoms with Crippen molar-refractivity contribution in [3.63, 3.8) is 0 Å². The minimum atomic E-state index is 0.197. The Balaban J connectivity index is 3.63. The van der Waals surface area contributed by atoms with Gasteiger partial charge in [-0.15, -0.1) is 0 Å². The number of carbonyl (C=O) groups is 2. The van der Waals surface area contributed by atoms with Gasteiger partial charge < -0.3 is 10.6 Å². The lowest BCUT2D eigenvalue weighted by Crippen LogP contribution is -2.38. The maximum atomic E-state index is 12.5. The highest BCUT2D eigenvalue weighted by molar-refractivity contribution is 5.76. The molecule has 2 amide bonds. The minimum Gasteiger partial charge on any atom is -0.356 e. The molecule has 4 heteroatoms. The third-order valence-electron chi connectivity index (χ3n) is 9.09. The normalized spacial score (nSPS) is 12.3. The van der Waals surface area contributed by atoms with Gasteiger partial charge in [0, 0.05) is 25.4 Å². The first kappa shape index (κ1) is 42.7. The lowest BCUT2D eigenvalue weighted by atomic mass is 9.98. The molecule has 0 spiro atoms. The summed E-state index contributed by atoms with van der Waals surface area (Å²) in [6.07, 6.45) is 40.1. The quantitative estimate of drug-likeness (QED) is 0.0557. The fourth-order valence-corrected chi connectivity index (χ4v) is 5.96. The Hall–Kier alpha value is -1.32. The molecular formula is C40H78N2O2. The topological polar surface area (TPSA) is 58.2 Å². The summed E-state index contributed by atoms with van der Waals surface area (Å²) in [5, 5.41) is 6.40. The monoisotopic (exact) mass is 619 g/mol. The van der Waals surface area contributed by atoms with Gasteiger partial charge >= 0.3 is 0 Å². The van der Waals surface area contributed by atoms with E-state index in [1.54, 1.807) is 0 Å². The molecule has 44 heavy (non-hydrogen) atoms. The van der Waals surface area contributed by atoms with Crippen LogP contribution in [0.3, 0.4) is 0 Å². The van der Waals surface area contributed by atoms with Gasteiger partial charge in [-0.05, 0) is 63.7 Å². The molecule has 0 unspecified atom stereocenters. The van der Waals surface area contributed by atoms with E-state index < -0.39 is 0 Å². The van der Waals surface area contributed by atoms with Gasteiger partial charge in [-0.1, -0.05) is 155 Å². The van der Waals surface area contributed by atoms with Crippen molar-refractivity contribution < 1.29 is 9.59 Å². The van der Waals surface area contributed by atoms with Gasteiger partial charge in [0.2, 0.25) is 11.8 Å². The summed E-state index contributed by atoms with van der Waals surface area (Å²) in [4.78, 5) is 24.7. The Labute approximate surface area is 276 Å². The molecule has 0 fully saturated rings. The lowest BCUT2D eigenvalue weighted by Gasteiger charge is -2.22. The molecular weight excluding hydrogens is 540 g/mol. The molecule has 0 aromatic carbocycles. The lowest BCUT2D eigenvalue weighted by molar-refractivity contribution is -0.122. The van der Waals surface area contributed by atoms with Gasteiger partial charge in [-0.2, -0.15) is 0 Å². The fourth-order valence-electron chi connectivity index (χ4n) is 5.96. The van der Waals surface area contributed by atoms with Crippen molar-refractivity contribution in [2.75, 3.05) is 6.54 Å². The van der Waals surface area contributed by atoms with Crippen LogP contribution < -0.4 is 10.6 Å². The number of carbonyl (C=O) groups excluding carboxylic acids is 2. The van der Waals surface area contributed by atoms with Crippen LogP contribution >= 0.6 is 0 Å². The van der Waals surface area contributed by atoms with Gasteiger partial charge in [0.15, 0.2) is 0 Å². The number of nitrogens with one attached hydrogen (secondary N) is 2. The van der Waals surface area contributed by atoms with Crippen LogP contribution in [0.15, 0.2) is 12.2 Å². The van der Waals surface area contributed by atoms with Crippen LogP contribution in [0.2, 0.25) is 0 Å². The van der Waals surface area contributed by atoms with Gasteiger partial charge in [-0.3, -0.25) is 9.59 Å². The number of hydrogen-bond donors (Lipinski definition) is 2. The molecule has 0 bridgehead atoms. The van der Waals surface area contributed by atoms with E-state index >= 15 is 0 Å². The number of amides is 2. The minimum absolute atomic E-state index is 0.197. The molecule has 1 atom stereocenters. The molecule has 0 aromatic heterocycles. The Kier molecular flexibility index (Phi) is 33.5. The average molecular weight is 619 g/mol. The first-order valence-corrected chi connectivity index (χ1v) is 19.7. The highest BCUT2D eigenvalue weighted by Crippen LogP contribution is 2.15. The van der Waals surface area contributed by atoms with Crippen molar-refractivity contribution in [3.8, 4) is 0 Å². The summed E-state index contributed by atoms with van der Waals surface area (Å²) in [7, 11) is 0.